The number of nitrogens with zero attached hydrogens (tertiary/aromatic N) is 1. The highest BCUT2D eigenvalue weighted by Crippen LogP contribution is 2.40. The van der Waals surface area contributed by atoms with E-state index in [0.29, 0.717) is 25.0 Å². The lowest BCUT2D eigenvalue weighted by Gasteiger charge is -2.37. The van der Waals surface area contributed by atoms with Gasteiger partial charge in [0.2, 0.25) is 11.6 Å². The fourth-order valence-corrected chi connectivity index (χ4v) is 4.65. The van der Waals surface area contributed by atoms with E-state index >= 15 is 0 Å². The van der Waals surface area contributed by atoms with Crippen LogP contribution in [-0.2, 0) is 18.8 Å². The molecule has 1 aromatic heterocycles. The molecule has 0 bridgehead atoms. The van der Waals surface area contributed by atoms with Gasteiger partial charge < -0.3 is 9.16 Å². The lowest BCUT2D eigenvalue weighted by atomic mass is 9.90. The lowest BCUT2D eigenvalue weighted by Crippen LogP contribution is -2.43. The van der Waals surface area contributed by atoms with Crippen molar-refractivity contribution >= 4 is 19.9 Å². The van der Waals surface area contributed by atoms with Gasteiger partial charge in [0.1, 0.15) is 6.23 Å². The molecule has 8 nitrogen and oxygen atoms in total. The molecule has 1 fully saturated rings. The number of ether oxygens (including phenoxy) is 1. The minimum absolute atomic E-state index is 0.0270. The Morgan fingerprint density at radius 2 is 1.84 bits per heavy atom. The van der Waals surface area contributed by atoms with Gasteiger partial charge in [0.25, 0.3) is 5.56 Å². The number of allylic oxidation sites excluding steroid dienone is 4. The summed E-state index contributed by atoms with van der Waals surface area (Å²) in [6.07, 6.45) is 6.04. The van der Waals surface area contributed by atoms with Gasteiger partial charge in [-0.3, -0.25) is 23.9 Å². The number of hydrogen-bond acceptors (Lipinski definition) is 6. The zero-order chi connectivity index (χ0) is 23.8. The van der Waals surface area contributed by atoms with Crippen LogP contribution in [0.25, 0.3) is 0 Å². The zero-order valence-electron chi connectivity index (χ0n) is 19.6. The van der Waals surface area contributed by atoms with Crippen molar-refractivity contribution in [1.29, 1.82) is 0 Å². The third-order valence-corrected chi connectivity index (χ3v) is 11.2. The van der Waals surface area contributed by atoms with Crippen molar-refractivity contribution in [3.63, 3.8) is 0 Å². The molecule has 0 radical (unpaired) electrons. The fraction of sp³-hybridized carbons (Fsp3) is 0.565. The molecule has 0 amide bonds. The largest absolute Gasteiger partial charge is 0.414 e. The number of hydrogen-bond donors (Lipinski definition) is 1. The molecule has 0 saturated carbocycles. The fourth-order valence-electron chi connectivity index (χ4n) is 3.64. The number of aryl methyl sites for hydroxylation is 1. The number of aromatic nitrogens is 2. The predicted molar refractivity (Wildman–Crippen MR) is 123 cm³/mol. The monoisotopic (exact) mass is 460 g/mol. The van der Waals surface area contributed by atoms with E-state index in [1.807, 2.05) is 0 Å². The maximum absolute atomic E-state index is 12.4. The Hall–Kier alpha value is -2.36. The van der Waals surface area contributed by atoms with E-state index in [4.69, 9.17) is 9.16 Å². The van der Waals surface area contributed by atoms with Crippen LogP contribution in [0.4, 0.5) is 0 Å². The van der Waals surface area contributed by atoms with Gasteiger partial charge in [0, 0.05) is 11.8 Å². The molecule has 9 heteroatoms. The summed E-state index contributed by atoms with van der Waals surface area (Å²) < 4.78 is 14.1. The van der Waals surface area contributed by atoms with E-state index in [2.05, 4.69) is 38.8 Å². The molecule has 2 heterocycles. The van der Waals surface area contributed by atoms with Crippen LogP contribution in [0.1, 0.15) is 45.4 Å². The summed E-state index contributed by atoms with van der Waals surface area (Å²) in [5.41, 5.74) is 0.242. The predicted octanol–water partition coefficient (Wildman–Crippen LogP) is 2.80. The maximum atomic E-state index is 12.4. The second kappa shape index (κ2) is 8.88. The van der Waals surface area contributed by atoms with Crippen molar-refractivity contribution in [2.24, 2.45) is 5.92 Å². The molecular weight excluding hydrogens is 428 g/mol. The van der Waals surface area contributed by atoms with Gasteiger partial charge in [-0.05, 0) is 61.5 Å². The minimum Gasteiger partial charge on any atom is -0.414 e. The first-order valence-electron chi connectivity index (χ1n) is 10.9. The smallest absolute Gasteiger partial charge is 0.330 e. The second-order valence-corrected chi connectivity index (χ2v) is 15.0. The highest BCUT2D eigenvalue weighted by atomic mass is 28.4. The van der Waals surface area contributed by atoms with E-state index < -0.39 is 37.4 Å². The van der Waals surface area contributed by atoms with E-state index in [1.165, 1.54) is 22.9 Å². The van der Waals surface area contributed by atoms with Crippen LogP contribution in [-0.4, -0.2) is 42.1 Å². The number of ketones is 2. The van der Waals surface area contributed by atoms with E-state index in [-0.39, 0.29) is 17.1 Å². The van der Waals surface area contributed by atoms with Crippen LogP contribution < -0.4 is 11.2 Å². The van der Waals surface area contributed by atoms with Crippen molar-refractivity contribution in [1.82, 2.24) is 9.55 Å². The molecule has 0 spiro atoms. The number of H-pyrrole nitrogens is 1. The minimum atomic E-state index is -2.03. The molecule has 1 N–H and O–H groups in total. The van der Waals surface area contributed by atoms with Crippen molar-refractivity contribution in [3.05, 3.63) is 56.4 Å². The topological polar surface area (TPSA) is 107 Å². The van der Waals surface area contributed by atoms with Gasteiger partial charge >= 0.3 is 5.69 Å². The van der Waals surface area contributed by atoms with Crippen LogP contribution >= 0.6 is 0 Å². The van der Waals surface area contributed by atoms with Crippen molar-refractivity contribution in [2.45, 2.75) is 71.0 Å². The van der Waals surface area contributed by atoms with Crippen LogP contribution in [0, 0.1) is 12.8 Å². The first-order chi connectivity index (χ1) is 14.8. The quantitative estimate of drug-likeness (QED) is 0.397. The molecule has 1 aliphatic carbocycles. The molecule has 32 heavy (non-hydrogen) atoms. The Bertz CT molecular complexity index is 1090. The summed E-state index contributed by atoms with van der Waals surface area (Å²) >= 11 is 0. The molecule has 1 aliphatic heterocycles. The number of aromatic amines is 1. The summed E-state index contributed by atoms with van der Waals surface area (Å²) in [5.74, 6) is -1.08. The molecule has 2 aliphatic rings. The molecule has 1 aromatic rings. The highest BCUT2D eigenvalue weighted by molar-refractivity contribution is 6.74. The highest BCUT2D eigenvalue weighted by Gasteiger charge is 2.42. The third kappa shape index (κ3) is 5.16. The molecule has 1 saturated heterocycles. The average Bonchev–Trinajstić information content (AvgIpc) is 3.07. The molecule has 0 aromatic carbocycles. The Labute approximate surface area is 188 Å². The number of rotatable bonds is 6. The van der Waals surface area contributed by atoms with E-state index in [1.54, 1.807) is 13.0 Å². The Kier molecular flexibility index (Phi) is 6.74. The SMILES string of the molecule is Cc1cn([C@H]2C[C@H](CC3=CC(=O)C(=O)C=C3)[C@@H](CO[Si](C)(C)C(C)(C)C)O2)c(=O)[nH]c1=O. The zero-order valence-corrected chi connectivity index (χ0v) is 20.6. The summed E-state index contributed by atoms with van der Waals surface area (Å²) in [4.78, 5) is 49.8. The summed E-state index contributed by atoms with van der Waals surface area (Å²) in [6, 6.07) is 0. The van der Waals surface area contributed by atoms with Gasteiger partial charge in [-0.25, -0.2) is 4.79 Å². The van der Waals surface area contributed by atoms with Crippen molar-refractivity contribution in [2.75, 3.05) is 6.61 Å². The van der Waals surface area contributed by atoms with Crippen LogP contribution in [0.5, 0.6) is 0 Å². The van der Waals surface area contributed by atoms with Crippen LogP contribution in [0.2, 0.25) is 18.1 Å². The van der Waals surface area contributed by atoms with Crippen LogP contribution in [0.3, 0.4) is 0 Å². The Morgan fingerprint density at radius 1 is 1.16 bits per heavy atom. The van der Waals surface area contributed by atoms with Crippen molar-refractivity contribution in [3.8, 4) is 0 Å². The third-order valence-electron chi connectivity index (χ3n) is 6.74. The first kappa shape index (κ1) is 24.3. The Balaban J connectivity index is 1.85. The first-order valence-corrected chi connectivity index (χ1v) is 13.8. The van der Waals surface area contributed by atoms with Crippen LogP contribution in [0.15, 0.2) is 39.6 Å². The summed E-state index contributed by atoms with van der Waals surface area (Å²) in [5, 5.41) is 0.0366. The number of carbonyl (C=O) groups excluding carboxylic acids is 2. The average molecular weight is 461 g/mol. The second-order valence-electron chi connectivity index (χ2n) is 10.2. The van der Waals surface area contributed by atoms with Gasteiger partial charge in [0.05, 0.1) is 12.7 Å². The standard InChI is InChI=1S/C23H32N2O6Si/c1-14-12-25(22(29)24-21(14)28)20-11-16(9-15-7-8-17(26)18(27)10-15)19(31-20)13-30-32(5,6)23(2,3)4/h7-8,10,12,16,19-20H,9,11,13H2,1-6H3,(H,24,28,29)/t16-,19+,20+/m0/s1. The maximum Gasteiger partial charge on any atom is 0.330 e. The normalized spacial score (nSPS) is 24.2. The van der Waals surface area contributed by atoms with Gasteiger partial charge in [0.15, 0.2) is 8.32 Å². The van der Waals surface area contributed by atoms with Gasteiger partial charge in [-0.15, -0.1) is 0 Å². The van der Waals surface area contributed by atoms with E-state index in [9.17, 15) is 19.2 Å². The van der Waals surface area contributed by atoms with Gasteiger partial charge in [-0.2, -0.15) is 0 Å². The Morgan fingerprint density at radius 3 is 2.47 bits per heavy atom. The number of nitrogens with one attached hydrogen (secondary N) is 1. The molecule has 3 atom stereocenters. The summed E-state index contributed by atoms with van der Waals surface area (Å²) in [6.45, 7) is 12.8. The lowest BCUT2D eigenvalue weighted by molar-refractivity contribution is -0.131. The van der Waals surface area contributed by atoms with Gasteiger partial charge in [-0.1, -0.05) is 26.8 Å². The molecule has 3 rings (SSSR count). The van der Waals surface area contributed by atoms with E-state index in [0.717, 1.165) is 5.57 Å². The van der Waals surface area contributed by atoms with Crippen molar-refractivity contribution < 1.29 is 18.8 Å². The number of carbonyl (C=O) groups is 2. The summed E-state index contributed by atoms with van der Waals surface area (Å²) in [7, 11) is -2.03. The molecule has 174 valence electrons. The molecular formula is C23H32N2O6Si. The molecule has 0 unspecified atom stereocenters.